The second-order valence-electron chi connectivity index (χ2n) is 5.14. The Hall–Kier alpha value is -2.87. The summed E-state index contributed by atoms with van der Waals surface area (Å²) in [6.07, 6.45) is 1.12. The molecule has 0 fully saturated rings. The number of nitrogens with two attached hydrogens (primary N) is 1. The summed E-state index contributed by atoms with van der Waals surface area (Å²) in [5, 5.41) is 21.3. The molecule has 0 saturated heterocycles. The summed E-state index contributed by atoms with van der Waals surface area (Å²) >= 11 is 0. The quantitative estimate of drug-likeness (QED) is 0.705. The van der Waals surface area contributed by atoms with Crippen molar-refractivity contribution < 1.29 is 24.5 Å². The lowest BCUT2D eigenvalue weighted by atomic mass is 10.2. The molecule has 1 atom stereocenters. The zero-order valence-corrected chi connectivity index (χ0v) is 13.8. The molecule has 130 valence electrons. The van der Waals surface area contributed by atoms with Crippen LogP contribution in [-0.4, -0.2) is 45.1 Å². The molecule has 8 nitrogen and oxygen atoms in total. The third kappa shape index (κ3) is 5.73. The van der Waals surface area contributed by atoms with E-state index in [2.05, 4.69) is 5.10 Å². The van der Waals surface area contributed by atoms with Crippen LogP contribution in [0.1, 0.15) is 12.6 Å². The summed E-state index contributed by atoms with van der Waals surface area (Å²) in [7, 11) is 1.67. The fourth-order valence-electron chi connectivity index (χ4n) is 2.00. The van der Waals surface area contributed by atoms with Crippen molar-refractivity contribution >= 4 is 22.8 Å². The maximum Gasteiger partial charge on any atom is 0.328 e. The third-order valence-electron chi connectivity index (χ3n) is 2.97. The lowest BCUT2D eigenvalue weighted by Gasteiger charge is -2.07. The van der Waals surface area contributed by atoms with Gasteiger partial charge in [0.2, 0.25) is 0 Å². The minimum absolute atomic E-state index is 0.0914. The number of hydrogen-bond donors (Lipinski definition) is 3. The topological polar surface area (TPSA) is 128 Å². The summed E-state index contributed by atoms with van der Waals surface area (Å²) in [4.78, 5) is 19.1. The molecule has 1 heterocycles. The Bertz CT molecular complexity index is 733. The number of carboxylic acid groups (broad SMARTS) is 2. The van der Waals surface area contributed by atoms with Crippen LogP contribution in [0.4, 0.5) is 0 Å². The fraction of sp³-hybridized carbons (Fsp3) is 0.312. The van der Waals surface area contributed by atoms with Crippen molar-refractivity contribution in [2.24, 2.45) is 5.73 Å². The van der Waals surface area contributed by atoms with Crippen molar-refractivity contribution in [1.29, 1.82) is 0 Å². The van der Waals surface area contributed by atoms with E-state index < -0.39 is 11.9 Å². The van der Waals surface area contributed by atoms with Gasteiger partial charge >= 0.3 is 11.9 Å². The standard InChI is InChI=1S/C12H17N3O.C4H4O4/c1-8(13)7-15-12-6-10(16-3)4-5-11(12)9(2)14-15;5-3(6)1-2-4(7)8/h4-6,8H,7,13H2,1-3H3;1-2H,(H,5,6)(H,7,8)/t8-;/m0./s1. The molecule has 0 aliphatic rings. The van der Waals surface area contributed by atoms with Gasteiger partial charge in [-0.05, 0) is 26.0 Å². The Morgan fingerprint density at radius 2 is 1.92 bits per heavy atom. The first-order chi connectivity index (χ1) is 11.2. The largest absolute Gasteiger partial charge is 0.497 e. The second kappa shape index (κ2) is 8.68. The summed E-state index contributed by atoms with van der Waals surface area (Å²) < 4.78 is 7.16. The van der Waals surface area contributed by atoms with E-state index in [1.165, 1.54) is 0 Å². The van der Waals surface area contributed by atoms with E-state index in [1.807, 2.05) is 36.7 Å². The van der Waals surface area contributed by atoms with Crippen LogP contribution in [0.5, 0.6) is 5.75 Å². The molecule has 0 bridgehead atoms. The average Bonchev–Trinajstić information content (AvgIpc) is 2.81. The van der Waals surface area contributed by atoms with Gasteiger partial charge in [0.05, 0.1) is 24.9 Å². The van der Waals surface area contributed by atoms with Crippen LogP contribution >= 0.6 is 0 Å². The molecule has 0 saturated carbocycles. The highest BCUT2D eigenvalue weighted by molar-refractivity contribution is 5.89. The highest BCUT2D eigenvalue weighted by Crippen LogP contribution is 2.23. The van der Waals surface area contributed by atoms with Crippen molar-refractivity contribution in [3.63, 3.8) is 0 Å². The molecule has 4 N–H and O–H groups in total. The van der Waals surface area contributed by atoms with Crippen molar-refractivity contribution in [1.82, 2.24) is 9.78 Å². The number of benzene rings is 1. The van der Waals surface area contributed by atoms with Gasteiger partial charge in [-0.25, -0.2) is 9.59 Å². The number of aryl methyl sites for hydroxylation is 1. The van der Waals surface area contributed by atoms with E-state index in [0.29, 0.717) is 12.2 Å². The lowest BCUT2D eigenvalue weighted by Crippen LogP contribution is -2.22. The van der Waals surface area contributed by atoms with Crippen LogP contribution in [0.15, 0.2) is 30.4 Å². The Morgan fingerprint density at radius 3 is 2.38 bits per heavy atom. The van der Waals surface area contributed by atoms with Gasteiger partial charge in [-0.3, -0.25) is 4.68 Å². The zero-order chi connectivity index (χ0) is 18.3. The number of carboxylic acids is 2. The first-order valence-electron chi connectivity index (χ1n) is 7.15. The zero-order valence-electron chi connectivity index (χ0n) is 13.8. The smallest absolute Gasteiger partial charge is 0.328 e. The molecule has 1 aromatic carbocycles. The number of nitrogens with zero attached hydrogens (tertiary/aromatic N) is 2. The minimum Gasteiger partial charge on any atom is -0.497 e. The second-order valence-corrected chi connectivity index (χ2v) is 5.14. The maximum absolute atomic E-state index is 9.55. The van der Waals surface area contributed by atoms with Crippen LogP contribution < -0.4 is 10.5 Å². The molecule has 0 spiro atoms. The molecule has 1 aromatic heterocycles. The molecule has 0 amide bonds. The monoisotopic (exact) mass is 335 g/mol. The molecule has 2 rings (SSSR count). The van der Waals surface area contributed by atoms with Crippen molar-refractivity contribution in [3.8, 4) is 5.75 Å². The molecule has 0 aliphatic carbocycles. The Morgan fingerprint density at radius 1 is 1.33 bits per heavy atom. The number of aliphatic carboxylic acids is 2. The van der Waals surface area contributed by atoms with Crippen molar-refractivity contribution in [2.45, 2.75) is 26.4 Å². The number of rotatable bonds is 5. The number of methoxy groups -OCH3 is 1. The molecule has 0 radical (unpaired) electrons. The SMILES string of the molecule is COc1ccc2c(C)nn(C[C@H](C)N)c2c1.O=C(O)C=CC(=O)O. The van der Waals surface area contributed by atoms with E-state index in [-0.39, 0.29) is 6.04 Å². The normalized spacial score (nSPS) is 11.8. The Kier molecular flexibility index (Phi) is 6.94. The first-order valence-corrected chi connectivity index (χ1v) is 7.15. The fourth-order valence-corrected chi connectivity index (χ4v) is 2.00. The predicted molar refractivity (Wildman–Crippen MR) is 89.1 cm³/mol. The number of aromatic nitrogens is 2. The van der Waals surface area contributed by atoms with Crippen LogP contribution in [0.25, 0.3) is 10.9 Å². The van der Waals surface area contributed by atoms with E-state index in [9.17, 15) is 9.59 Å². The summed E-state index contributed by atoms with van der Waals surface area (Å²) in [5.41, 5.74) is 7.91. The number of carbonyl (C=O) groups is 2. The van der Waals surface area contributed by atoms with Gasteiger partial charge in [-0.15, -0.1) is 0 Å². The van der Waals surface area contributed by atoms with Gasteiger partial charge in [0.25, 0.3) is 0 Å². The predicted octanol–water partition coefficient (Wildman–Crippen LogP) is 1.41. The van der Waals surface area contributed by atoms with Gasteiger partial charge in [0, 0.05) is 29.6 Å². The van der Waals surface area contributed by atoms with Crippen LogP contribution in [-0.2, 0) is 16.1 Å². The number of fused-ring (bicyclic) bond motifs is 1. The van der Waals surface area contributed by atoms with Crippen molar-refractivity contribution in [3.05, 3.63) is 36.0 Å². The molecular formula is C16H21N3O5. The molecule has 24 heavy (non-hydrogen) atoms. The van der Waals surface area contributed by atoms with E-state index in [1.54, 1.807) is 7.11 Å². The highest BCUT2D eigenvalue weighted by atomic mass is 16.5. The van der Waals surface area contributed by atoms with Crippen LogP contribution in [0.3, 0.4) is 0 Å². The van der Waals surface area contributed by atoms with Crippen LogP contribution in [0.2, 0.25) is 0 Å². The minimum atomic E-state index is -1.26. The molecule has 2 aromatic rings. The summed E-state index contributed by atoms with van der Waals surface area (Å²) in [5.74, 6) is -1.67. The van der Waals surface area contributed by atoms with Crippen LogP contribution in [0, 0.1) is 6.92 Å². The average molecular weight is 335 g/mol. The van der Waals surface area contributed by atoms with Gasteiger partial charge in [-0.1, -0.05) is 0 Å². The summed E-state index contributed by atoms with van der Waals surface area (Å²) in [6.45, 7) is 4.70. The maximum atomic E-state index is 9.55. The van der Waals surface area contributed by atoms with Gasteiger partial charge < -0.3 is 20.7 Å². The molecule has 0 aliphatic heterocycles. The van der Waals surface area contributed by atoms with E-state index in [0.717, 1.165) is 28.9 Å². The number of ether oxygens (including phenoxy) is 1. The highest BCUT2D eigenvalue weighted by Gasteiger charge is 2.09. The third-order valence-corrected chi connectivity index (χ3v) is 2.97. The Labute approximate surface area is 139 Å². The molecule has 0 unspecified atom stereocenters. The van der Waals surface area contributed by atoms with Gasteiger partial charge in [-0.2, -0.15) is 5.10 Å². The molecule has 8 heteroatoms. The van der Waals surface area contributed by atoms with Crippen molar-refractivity contribution in [2.75, 3.05) is 7.11 Å². The van der Waals surface area contributed by atoms with Gasteiger partial charge in [0.1, 0.15) is 5.75 Å². The van der Waals surface area contributed by atoms with Gasteiger partial charge in [0.15, 0.2) is 0 Å². The molecular weight excluding hydrogens is 314 g/mol. The number of hydrogen-bond acceptors (Lipinski definition) is 5. The lowest BCUT2D eigenvalue weighted by molar-refractivity contribution is -0.134. The first kappa shape index (κ1) is 19.2. The van der Waals surface area contributed by atoms with E-state index >= 15 is 0 Å². The Balaban J connectivity index is 0.000000307. The van der Waals surface area contributed by atoms with E-state index in [4.69, 9.17) is 20.7 Å². The summed E-state index contributed by atoms with van der Waals surface area (Å²) in [6, 6.07) is 6.08.